The van der Waals surface area contributed by atoms with Crippen LogP contribution in [0.5, 0.6) is 0 Å². The Hall–Kier alpha value is -3.45. The first-order valence-corrected chi connectivity index (χ1v) is 12.8. The molecular weight excluding hydrogens is 490 g/mol. The van der Waals surface area contributed by atoms with E-state index in [-0.39, 0.29) is 19.1 Å². The molecule has 0 aromatic carbocycles. The van der Waals surface area contributed by atoms with E-state index in [1.54, 1.807) is 30.2 Å². The van der Waals surface area contributed by atoms with Gasteiger partial charge in [-0.1, -0.05) is 24.6 Å². The first-order chi connectivity index (χ1) is 18.0. The highest BCUT2D eigenvalue weighted by Gasteiger charge is 2.44. The molecule has 2 bridgehead atoms. The summed E-state index contributed by atoms with van der Waals surface area (Å²) in [4.78, 5) is 14.1. The maximum Gasteiger partial charge on any atom is 0.128 e. The van der Waals surface area contributed by atoms with Crippen LogP contribution >= 0.6 is 11.6 Å². The Morgan fingerprint density at radius 2 is 2.03 bits per heavy atom. The van der Waals surface area contributed by atoms with E-state index >= 15 is 0 Å². The van der Waals surface area contributed by atoms with Gasteiger partial charge in [-0.2, -0.15) is 10.4 Å². The maximum absolute atomic E-state index is 9.65. The lowest BCUT2D eigenvalue weighted by molar-refractivity contribution is -0.00968. The maximum atomic E-state index is 9.65. The van der Waals surface area contributed by atoms with Gasteiger partial charge in [-0.3, -0.25) is 9.88 Å². The van der Waals surface area contributed by atoms with Crippen LogP contribution in [0, 0.1) is 11.3 Å². The van der Waals surface area contributed by atoms with Crippen LogP contribution in [0.1, 0.15) is 48.7 Å². The molecule has 0 aliphatic carbocycles. The normalized spacial score (nSPS) is 20.3. The number of fused-ring (bicyclic) bond motifs is 2. The number of rotatable bonds is 9. The summed E-state index contributed by atoms with van der Waals surface area (Å²) in [6.45, 7) is 6.71. The summed E-state index contributed by atoms with van der Waals surface area (Å²) in [6.07, 6.45) is 8.10. The molecule has 0 amide bonds. The van der Waals surface area contributed by atoms with Crippen molar-refractivity contribution in [3.05, 3.63) is 76.2 Å². The highest BCUT2D eigenvalue weighted by Crippen LogP contribution is 2.36. The summed E-state index contributed by atoms with van der Waals surface area (Å²) in [5.41, 5.74) is 3.33. The number of aliphatic hydroxyl groups is 1. The van der Waals surface area contributed by atoms with Gasteiger partial charge in [-0.15, -0.1) is 0 Å². The van der Waals surface area contributed by atoms with Gasteiger partial charge in [0.05, 0.1) is 41.0 Å². The van der Waals surface area contributed by atoms with E-state index in [0.29, 0.717) is 28.4 Å². The second-order valence-corrected chi connectivity index (χ2v) is 10.0. The number of hydrogen-bond donors (Lipinski definition) is 1. The molecule has 3 unspecified atom stereocenters. The summed E-state index contributed by atoms with van der Waals surface area (Å²) in [5, 5.41) is 23.7. The van der Waals surface area contributed by atoms with Crippen LogP contribution in [0.3, 0.4) is 0 Å². The number of pyridine rings is 2. The van der Waals surface area contributed by atoms with Crippen LogP contribution in [0.25, 0.3) is 6.20 Å². The molecular formula is C27H30ClN7O2. The van der Waals surface area contributed by atoms with E-state index in [9.17, 15) is 5.26 Å². The number of piperazine rings is 1. The first kappa shape index (κ1) is 25.2. The molecule has 3 fully saturated rings. The monoisotopic (exact) mass is 519 g/mol. The lowest BCUT2D eigenvalue weighted by Crippen LogP contribution is -2.68. The number of nitrogens with zero attached hydrogens (tertiary/aromatic N) is 7. The molecule has 3 aromatic heterocycles. The highest BCUT2D eigenvalue weighted by atomic mass is 35.5. The van der Waals surface area contributed by atoms with Crippen molar-refractivity contribution in [3.8, 4) is 6.07 Å². The Kier molecular flexibility index (Phi) is 7.42. The number of allylic oxidation sites excluding steroid dienone is 1. The van der Waals surface area contributed by atoms with E-state index in [1.807, 2.05) is 25.3 Å². The van der Waals surface area contributed by atoms with Crippen molar-refractivity contribution in [3.63, 3.8) is 0 Å². The fraction of sp³-hybridized carbons (Fsp3) is 0.407. The smallest absolute Gasteiger partial charge is 0.128 e. The summed E-state index contributed by atoms with van der Waals surface area (Å²) in [5.74, 6) is 1.47. The molecule has 3 aliphatic rings. The number of piperidine rings is 1. The van der Waals surface area contributed by atoms with E-state index in [4.69, 9.17) is 26.4 Å². The van der Waals surface area contributed by atoms with Crippen LogP contribution < -0.4 is 4.90 Å². The van der Waals surface area contributed by atoms with Crippen LogP contribution in [-0.4, -0.2) is 68.1 Å². The molecule has 6 heterocycles. The standard InChI is InChI=1S/C27H30ClN7O2/c1-18(37-8-7-36)14-35-27(21(10-29)12-32-35)19(2)20-3-6-26(31-11-20)33-16-24-9-25(17-33)34(24)15-23-5-4-22(28)13-30-23/h3-6,11-14,19,24-25,36H,7-9,15-17H2,1-2H3/b18-14+. The third kappa shape index (κ3) is 5.32. The summed E-state index contributed by atoms with van der Waals surface area (Å²) >= 11 is 5.97. The fourth-order valence-electron chi connectivity index (χ4n) is 5.23. The minimum Gasteiger partial charge on any atom is -0.494 e. The van der Waals surface area contributed by atoms with Gasteiger partial charge in [0.15, 0.2) is 0 Å². The highest BCUT2D eigenvalue weighted by molar-refractivity contribution is 6.30. The number of hydrogen-bond acceptors (Lipinski definition) is 8. The number of aliphatic hydroxyl groups excluding tert-OH is 1. The van der Waals surface area contributed by atoms with Gasteiger partial charge in [-0.05, 0) is 37.1 Å². The Morgan fingerprint density at radius 1 is 1.22 bits per heavy atom. The Labute approximate surface area is 221 Å². The lowest BCUT2D eigenvalue weighted by atomic mass is 9.87. The predicted molar refractivity (Wildman–Crippen MR) is 141 cm³/mol. The van der Waals surface area contributed by atoms with E-state index in [0.717, 1.165) is 42.4 Å². The van der Waals surface area contributed by atoms with Gasteiger partial charge in [0.2, 0.25) is 0 Å². The number of ether oxygens (including phenoxy) is 1. The number of aromatic nitrogens is 4. The van der Waals surface area contributed by atoms with Crippen molar-refractivity contribution in [2.75, 3.05) is 31.2 Å². The molecule has 0 spiro atoms. The molecule has 3 aliphatic heterocycles. The Balaban J connectivity index is 1.26. The molecule has 3 atom stereocenters. The molecule has 3 saturated heterocycles. The SMILES string of the molecule is C/C(=C\n1ncc(C#N)c1C(C)c1ccc(N2CC3CC(C2)N3Cc2ccc(Cl)cn2)nc1)OCCO. The largest absolute Gasteiger partial charge is 0.494 e. The van der Waals surface area contributed by atoms with Crippen LogP contribution in [0.15, 0.2) is 48.6 Å². The zero-order valence-corrected chi connectivity index (χ0v) is 21.7. The lowest BCUT2D eigenvalue weighted by Gasteiger charge is -2.56. The topological polar surface area (TPSA) is 103 Å². The van der Waals surface area contributed by atoms with Gasteiger partial charge in [0.1, 0.15) is 24.3 Å². The van der Waals surface area contributed by atoms with Gasteiger partial charge in [-0.25, -0.2) is 9.67 Å². The van der Waals surface area contributed by atoms with Gasteiger partial charge in [0.25, 0.3) is 0 Å². The summed E-state index contributed by atoms with van der Waals surface area (Å²) in [7, 11) is 0. The van der Waals surface area contributed by atoms with Crippen LogP contribution in [0.2, 0.25) is 5.02 Å². The van der Waals surface area contributed by atoms with Crippen molar-refractivity contribution in [2.45, 2.75) is 44.8 Å². The molecule has 3 aromatic rings. The average Bonchev–Trinajstić information content (AvgIpc) is 3.33. The minimum atomic E-state index is -0.0993. The van der Waals surface area contributed by atoms with E-state index in [2.05, 4.69) is 38.1 Å². The minimum absolute atomic E-state index is 0.0644. The van der Waals surface area contributed by atoms with Crippen molar-refractivity contribution in [1.29, 1.82) is 5.26 Å². The molecule has 0 saturated carbocycles. The molecule has 192 valence electrons. The first-order valence-electron chi connectivity index (χ1n) is 12.4. The number of nitriles is 1. The van der Waals surface area contributed by atoms with E-state index < -0.39 is 0 Å². The number of anilines is 1. The molecule has 6 rings (SSSR count). The van der Waals surface area contributed by atoms with Gasteiger partial charge < -0.3 is 14.7 Å². The van der Waals surface area contributed by atoms with Crippen molar-refractivity contribution < 1.29 is 9.84 Å². The second-order valence-electron chi connectivity index (χ2n) is 9.57. The zero-order chi connectivity index (χ0) is 25.9. The van der Waals surface area contributed by atoms with Gasteiger partial charge in [0, 0.05) is 50.0 Å². The molecule has 37 heavy (non-hydrogen) atoms. The summed E-state index contributed by atoms with van der Waals surface area (Å²) in [6, 6.07) is 11.3. The van der Waals surface area contributed by atoms with E-state index in [1.165, 1.54) is 6.42 Å². The van der Waals surface area contributed by atoms with Crippen LogP contribution in [-0.2, 0) is 11.3 Å². The third-order valence-corrected chi connectivity index (χ3v) is 7.39. The van der Waals surface area contributed by atoms with Crippen molar-refractivity contribution >= 4 is 23.6 Å². The second kappa shape index (κ2) is 10.9. The molecule has 9 nitrogen and oxygen atoms in total. The quantitative estimate of drug-likeness (QED) is 0.427. The van der Waals surface area contributed by atoms with Crippen LogP contribution in [0.4, 0.5) is 5.82 Å². The molecule has 10 heteroatoms. The van der Waals surface area contributed by atoms with Crippen molar-refractivity contribution in [1.82, 2.24) is 24.6 Å². The van der Waals surface area contributed by atoms with Crippen molar-refractivity contribution in [2.24, 2.45) is 0 Å². The third-order valence-electron chi connectivity index (χ3n) is 7.16. The molecule has 0 radical (unpaired) electrons. The van der Waals surface area contributed by atoms with Gasteiger partial charge >= 0.3 is 0 Å². The Bertz CT molecular complexity index is 1290. The summed E-state index contributed by atoms with van der Waals surface area (Å²) < 4.78 is 7.13. The Morgan fingerprint density at radius 3 is 2.68 bits per heavy atom. The molecule has 1 N–H and O–H groups in total. The predicted octanol–water partition coefficient (Wildman–Crippen LogP) is 3.64. The number of halogens is 1. The zero-order valence-electron chi connectivity index (χ0n) is 21.0. The average molecular weight is 520 g/mol. The fourth-order valence-corrected chi connectivity index (χ4v) is 5.34.